The second-order valence-electron chi connectivity index (χ2n) is 6.42. The maximum absolute atomic E-state index is 12.9. The molecule has 2 aromatic rings. The van der Waals surface area contributed by atoms with Gasteiger partial charge in [-0.3, -0.25) is 0 Å². The van der Waals surface area contributed by atoms with E-state index >= 15 is 0 Å². The number of hydrogen-bond donors (Lipinski definition) is 0. The molecule has 0 bridgehead atoms. The summed E-state index contributed by atoms with van der Waals surface area (Å²) >= 11 is 0. The minimum Gasteiger partial charge on any atom is -0.497 e. The molecule has 0 heterocycles. The number of ether oxygens (including phenoxy) is 1. The minimum absolute atomic E-state index is 0.280. The van der Waals surface area contributed by atoms with Gasteiger partial charge in [0.2, 0.25) is 9.84 Å². The smallest absolute Gasteiger partial charge is 0.206 e. The molecule has 0 saturated heterocycles. The summed E-state index contributed by atoms with van der Waals surface area (Å²) in [6.45, 7) is 2.20. The fraction of sp³-hybridized carbons (Fsp3) is 0.400. The summed E-state index contributed by atoms with van der Waals surface area (Å²) in [4.78, 5) is 0.661. The molecule has 4 heteroatoms. The molecular weight excluding hydrogens is 320 g/mol. The number of rotatable bonds is 5. The molecule has 128 valence electrons. The van der Waals surface area contributed by atoms with Crippen LogP contribution >= 0.6 is 0 Å². The molecule has 1 aliphatic carbocycles. The van der Waals surface area contributed by atoms with Crippen molar-refractivity contribution in [1.29, 1.82) is 0 Å². The van der Waals surface area contributed by atoms with E-state index in [0.717, 1.165) is 19.3 Å². The summed E-state index contributed by atoms with van der Waals surface area (Å²) in [5.74, 6) is 1.13. The van der Waals surface area contributed by atoms with Crippen LogP contribution in [0.5, 0.6) is 5.75 Å². The molecule has 0 radical (unpaired) electrons. The Labute approximate surface area is 144 Å². The van der Waals surface area contributed by atoms with Crippen LogP contribution in [0, 0.1) is 0 Å². The van der Waals surface area contributed by atoms with Crippen molar-refractivity contribution >= 4 is 9.84 Å². The van der Waals surface area contributed by atoms with Gasteiger partial charge in [-0.15, -0.1) is 0 Å². The lowest BCUT2D eigenvalue weighted by Gasteiger charge is -2.25. The first-order valence-corrected chi connectivity index (χ1v) is 10.1. The minimum atomic E-state index is -3.51. The molecule has 2 aromatic carbocycles. The van der Waals surface area contributed by atoms with Gasteiger partial charge in [-0.1, -0.05) is 25.5 Å². The summed E-state index contributed by atoms with van der Waals surface area (Å²) in [7, 11) is -1.97. The fourth-order valence-electron chi connectivity index (χ4n) is 3.61. The van der Waals surface area contributed by atoms with Crippen molar-refractivity contribution in [2.24, 2.45) is 0 Å². The zero-order valence-electron chi connectivity index (χ0n) is 14.3. The van der Waals surface area contributed by atoms with Gasteiger partial charge in [0.1, 0.15) is 5.75 Å². The van der Waals surface area contributed by atoms with Gasteiger partial charge in [0.05, 0.1) is 16.9 Å². The number of aryl methyl sites for hydroxylation is 1. The molecular formula is C20H24O3S. The maximum Gasteiger partial charge on any atom is 0.206 e. The van der Waals surface area contributed by atoms with E-state index in [2.05, 4.69) is 6.92 Å². The number of sulfone groups is 1. The van der Waals surface area contributed by atoms with Crippen LogP contribution in [0.2, 0.25) is 0 Å². The zero-order valence-corrected chi connectivity index (χ0v) is 15.1. The molecule has 3 nitrogen and oxygen atoms in total. The Hall–Kier alpha value is -1.81. The topological polar surface area (TPSA) is 43.4 Å². The van der Waals surface area contributed by atoms with Gasteiger partial charge in [-0.2, -0.15) is 0 Å². The summed E-state index contributed by atoms with van der Waals surface area (Å²) in [6, 6.07) is 12.3. The van der Waals surface area contributed by atoms with Gasteiger partial charge in [0.15, 0.2) is 0 Å². The van der Waals surface area contributed by atoms with E-state index in [0.29, 0.717) is 16.6 Å². The van der Waals surface area contributed by atoms with Crippen molar-refractivity contribution in [3.8, 4) is 5.75 Å². The van der Waals surface area contributed by atoms with Gasteiger partial charge < -0.3 is 4.74 Å². The molecule has 0 aliphatic heterocycles. The summed E-state index contributed by atoms with van der Waals surface area (Å²) in [6.07, 6.45) is 5.66. The third kappa shape index (κ3) is 3.20. The Kier molecular flexibility index (Phi) is 4.95. The Bertz CT molecular complexity index is 825. The third-order valence-electron chi connectivity index (χ3n) is 4.85. The van der Waals surface area contributed by atoms with E-state index < -0.39 is 9.84 Å². The second kappa shape index (κ2) is 6.98. The zero-order chi connectivity index (χ0) is 17.2. The van der Waals surface area contributed by atoms with Gasteiger partial charge in [0.25, 0.3) is 0 Å². The van der Waals surface area contributed by atoms with Crippen LogP contribution in [0.25, 0.3) is 0 Å². The van der Waals surface area contributed by atoms with E-state index in [4.69, 9.17) is 4.74 Å². The van der Waals surface area contributed by atoms with Crippen molar-refractivity contribution in [1.82, 2.24) is 0 Å². The number of benzene rings is 2. The second-order valence-corrected chi connectivity index (χ2v) is 8.37. The number of methoxy groups -OCH3 is 1. The molecule has 0 fully saturated rings. The van der Waals surface area contributed by atoms with Gasteiger partial charge in [-0.05, 0) is 73.1 Å². The van der Waals surface area contributed by atoms with E-state index in [9.17, 15) is 8.42 Å². The van der Waals surface area contributed by atoms with Crippen LogP contribution in [0.3, 0.4) is 0 Å². The average Bonchev–Trinajstić information content (AvgIpc) is 2.62. The van der Waals surface area contributed by atoms with Gasteiger partial charge in [0, 0.05) is 0 Å². The molecule has 1 aliphatic rings. The van der Waals surface area contributed by atoms with Crippen LogP contribution < -0.4 is 4.74 Å². The lowest BCUT2D eigenvalue weighted by Crippen LogP contribution is -2.11. The first-order valence-electron chi connectivity index (χ1n) is 8.58. The first-order chi connectivity index (χ1) is 11.6. The summed E-state index contributed by atoms with van der Waals surface area (Å²) in [5.41, 5.74) is 2.54. The Morgan fingerprint density at radius 1 is 1.12 bits per heavy atom. The molecule has 24 heavy (non-hydrogen) atoms. The standard InChI is InChI=1S/C20H24O3S/c1-3-6-15-7-4-8-16-13-19(11-12-20(15)16)24(21,22)18-10-5-9-17(14-18)23-2/h5,9-15H,3-4,6-8H2,1-2H3/t15-/m1/s1. The molecule has 3 rings (SSSR count). The lowest BCUT2D eigenvalue weighted by molar-refractivity contribution is 0.413. The predicted octanol–water partition coefficient (Wildman–Crippen LogP) is 4.75. The number of fused-ring (bicyclic) bond motifs is 1. The maximum atomic E-state index is 12.9. The Morgan fingerprint density at radius 2 is 1.92 bits per heavy atom. The van der Waals surface area contributed by atoms with Crippen LogP contribution in [0.15, 0.2) is 52.3 Å². The van der Waals surface area contributed by atoms with Crippen molar-refractivity contribution in [2.45, 2.75) is 54.7 Å². The highest BCUT2D eigenvalue weighted by Crippen LogP contribution is 2.36. The molecule has 0 aromatic heterocycles. The Morgan fingerprint density at radius 3 is 2.67 bits per heavy atom. The number of hydrogen-bond acceptors (Lipinski definition) is 3. The first kappa shape index (κ1) is 17.0. The molecule has 1 atom stereocenters. The van der Waals surface area contributed by atoms with E-state index in [1.807, 2.05) is 12.1 Å². The van der Waals surface area contributed by atoms with Crippen LogP contribution in [-0.2, 0) is 16.3 Å². The monoisotopic (exact) mass is 344 g/mol. The Balaban J connectivity index is 2.00. The molecule has 0 N–H and O–H groups in total. The van der Waals surface area contributed by atoms with E-state index in [1.54, 1.807) is 37.4 Å². The lowest BCUT2D eigenvalue weighted by atomic mass is 9.81. The quantitative estimate of drug-likeness (QED) is 0.786. The van der Waals surface area contributed by atoms with Gasteiger partial charge >= 0.3 is 0 Å². The molecule has 0 saturated carbocycles. The molecule has 0 spiro atoms. The van der Waals surface area contributed by atoms with Crippen molar-refractivity contribution in [2.75, 3.05) is 7.11 Å². The summed E-state index contributed by atoms with van der Waals surface area (Å²) < 4.78 is 31.0. The van der Waals surface area contributed by atoms with Crippen LogP contribution in [0.4, 0.5) is 0 Å². The third-order valence-corrected chi connectivity index (χ3v) is 6.60. The molecule has 0 amide bonds. The molecule has 0 unspecified atom stereocenters. The highest BCUT2D eigenvalue weighted by atomic mass is 32.2. The van der Waals surface area contributed by atoms with E-state index in [-0.39, 0.29) is 4.90 Å². The van der Waals surface area contributed by atoms with Crippen molar-refractivity contribution < 1.29 is 13.2 Å². The van der Waals surface area contributed by atoms with Gasteiger partial charge in [-0.25, -0.2) is 8.42 Å². The highest BCUT2D eigenvalue weighted by Gasteiger charge is 2.24. The predicted molar refractivity (Wildman–Crippen MR) is 95.5 cm³/mol. The van der Waals surface area contributed by atoms with Crippen molar-refractivity contribution in [3.05, 3.63) is 53.6 Å². The van der Waals surface area contributed by atoms with Crippen molar-refractivity contribution in [3.63, 3.8) is 0 Å². The largest absolute Gasteiger partial charge is 0.497 e. The van der Waals surface area contributed by atoms with Crippen LogP contribution in [0.1, 0.15) is 49.7 Å². The van der Waals surface area contributed by atoms with E-state index in [1.165, 1.54) is 24.0 Å². The average molecular weight is 344 g/mol. The highest BCUT2D eigenvalue weighted by molar-refractivity contribution is 7.91. The van der Waals surface area contributed by atoms with Crippen LogP contribution in [-0.4, -0.2) is 15.5 Å². The fourth-order valence-corrected chi connectivity index (χ4v) is 4.96. The normalized spacial score (nSPS) is 17.3. The summed E-state index contributed by atoms with van der Waals surface area (Å²) in [5, 5.41) is 0. The SMILES string of the molecule is CCC[C@@H]1CCCc2cc(S(=O)(=O)c3cccc(OC)c3)ccc21.